The van der Waals surface area contributed by atoms with Crippen LogP contribution in [0.4, 0.5) is 13.6 Å². The maximum Gasteiger partial charge on any atom is 0.314 e. The van der Waals surface area contributed by atoms with Crippen LogP contribution in [0, 0.1) is 0 Å². The molecule has 0 aromatic rings. The Labute approximate surface area is 98.2 Å². The Bertz CT molecular complexity index is 399. The number of amides is 2. The zero-order valence-corrected chi connectivity index (χ0v) is 10.1. The minimum atomic E-state index is -3.71. The topological polar surface area (TPSA) is 92.5 Å². The molecule has 2 amide bonds. The summed E-state index contributed by atoms with van der Waals surface area (Å²) in [6, 6.07) is -2.28. The highest BCUT2D eigenvalue weighted by Gasteiger charge is 2.43. The molecule has 0 saturated carbocycles. The van der Waals surface area contributed by atoms with Crippen LogP contribution in [0.3, 0.4) is 0 Å². The lowest BCUT2D eigenvalue weighted by Crippen LogP contribution is -2.47. The Kier molecular flexibility index (Phi) is 3.92. The van der Waals surface area contributed by atoms with Gasteiger partial charge >= 0.3 is 6.03 Å². The molecule has 1 atom stereocenters. The molecule has 1 unspecified atom stereocenters. The first kappa shape index (κ1) is 14.1. The number of primary amides is 1. The van der Waals surface area contributed by atoms with E-state index < -0.39 is 34.4 Å². The van der Waals surface area contributed by atoms with Gasteiger partial charge in [-0.15, -0.1) is 0 Å². The van der Waals surface area contributed by atoms with E-state index in [1.165, 1.54) is 0 Å². The molecule has 0 aromatic carbocycles. The van der Waals surface area contributed by atoms with E-state index in [-0.39, 0.29) is 19.5 Å². The second-order valence-corrected chi connectivity index (χ2v) is 5.85. The van der Waals surface area contributed by atoms with E-state index in [1.807, 2.05) is 4.72 Å². The maximum absolute atomic E-state index is 13.6. The van der Waals surface area contributed by atoms with Gasteiger partial charge in [-0.05, 0) is 6.42 Å². The summed E-state index contributed by atoms with van der Waals surface area (Å²) >= 11 is 0. The quantitative estimate of drug-likeness (QED) is 0.723. The van der Waals surface area contributed by atoms with Crippen LogP contribution in [-0.4, -0.2) is 50.7 Å². The summed E-state index contributed by atoms with van der Waals surface area (Å²) in [5.74, 6) is -3.19. The number of nitrogens with two attached hydrogens (primary N) is 1. The molecule has 1 heterocycles. The van der Waals surface area contributed by atoms with Crippen LogP contribution < -0.4 is 10.5 Å². The fourth-order valence-corrected chi connectivity index (χ4v) is 2.50. The third-order valence-corrected chi connectivity index (χ3v) is 3.29. The van der Waals surface area contributed by atoms with Crippen molar-refractivity contribution in [1.82, 2.24) is 9.62 Å². The largest absolute Gasteiger partial charge is 0.351 e. The monoisotopic (exact) mass is 271 g/mol. The van der Waals surface area contributed by atoms with Crippen LogP contribution >= 0.6 is 0 Å². The van der Waals surface area contributed by atoms with Gasteiger partial charge in [0.2, 0.25) is 10.0 Å². The van der Waals surface area contributed by atoms with E-state index in [1.54, 1.807) is 0 Å². The lowest BCUT2D eigenvalue weighted by Gasteiger charge is -2.23. The van der Waals surface area contributed by atoms with Crippen molar-refractivity contribution in [3.05, 3.63) is 0 Å². The number of urea groups is 1. The van der Waals surface area contributed by atoms with E-state index in [2.05, 4.69) is 0 Å². The Morgan fingerprint density at radius 1 is 1.47 bits per heavy atom. The number of halogens is 2. The molecule has 3 N–H and O–H groups in total. The average Bonchev–Trinajstić information content (AvgIpc) is 2.25. The Balaban J connectivity index is 2.80. The van der Waals surface area contributed by atoms with Crippen molar-refractivity contribution in [2.45, 2.75) is 24.8 Å². The molecule has 1 fully saturated rings. The predicted molar refractivity (Wildman–Crippen MR) is 57.1 cm³/mol. The molecule has 0 spiro atoms. The molecule has 6 nitrogen and oxygen atoms in total. The second-order valence-electron chi connectivity index (χ2n) is 4.07. The summed E-state index contributed by atoms with van der Waals surface area (Å²) in [5, 5.41) is 0. The number of carbonyl (C=O) groups excluding carboxylic acids is 1. The second kappa shape index (κ2) is 4.73. The van der Waals surface area contributed by atoms with Gasteiger partial charge in [-0.2, -0.15) is 0 Å². The van der Waals surface area contributed by atoms with Crippen molar-refractivity contribution in [2.24, 2.45) is 5.73 Å². The highest BCUT2D eigenvalue weighted by molar-refractivity contribution is 7.88. The standard InChI is InChI=1S/C8H15F2N3O3S/c1-17(15,16)12-6-2-4-13(7(11)14)5-3-8(6,9)10/h6,12H,2-5H2,1H3,(H2,11,14). The zero-order valence-electron chi connectivity index (χ0n) is 9.32. The number of hydrogen-bond acceptors (Lipinski definition) is 3. The van der Waals surface area contributed by atoms with Crippen molar-refractivity contribution >= 4 is 16.1 Å². The molecule has 0 bridgehead atoms. The highest BCUT2D eigenvalue weighted by atomic mass is 32.2. The third kappa shape index (κ3) is 4.08. The molecular formula is C8H15F2N3O3S. The number of rotatable bonds is 2. The molecule has 100 valence electrons. The van der Waals surface area contributed by atoms with Crippen molar-refractivity contribution in [3.8, 4) is 0 Å². The Morgan fingerprint density at radius 3 is 2.53 bits per heavy atom. The minimum Gasteiger partial charge on any atom is -0.351 e. The molecular weight excluding hydrogens is 256 g/mol. The van der Waals surface area contributed by atoms with Gasteiger partial charge in [0.05, 0.1) is 12.3 Å². The van der Waals surface area contributed by atoms with E-state index in [0.717, 1.165) is 11.2 Å². The van der Waals surface area contributed by atoms with Crippen LogP contribution in [0.15, 0.2) is 0 Å². The van der Waals surface area contributed by atoms with Crippen molar-refractivity contribution < 1.29 is 22.0 Å². The first-order valence-electron chi connectivity index (χ1n) is 5.01. The van der Waals surface area contributed by atoms with Gasteiger partial charge in [0.25, 0.3) is 5.92 Å². The van der Waals surface area contributed by atoms with Gasteiger partial charge in [-0.25, -0.2) is 26.7 Å². The molecule has 0 aliphatic carbocycles. The molecule has 1 rings (SSSR count). The molecule has 17 heavy (non-hydrogen) atoms. The highest BCUT2D eigenvalue weighted by Crippen LogP contribution is 2.28. The van der Waals surface area contributed by atoms with Crippen LogP contribution in [0.25, 0.3) is 0 Å². The van der Waals surface area contributed by atoms with E-state index >= 15 is 0 Å². The number of alkyl halides is 2. The van der Waals surface area contributed by atoms with Gasteiger partial charge in [0, 0.05) is 19.5 Å². The third-order valence-electron chi connectivity index (χ3n) is 2.58. The van der Waals surface area contributed by atoms with Gasteiger partial charge in [0.15, 0.2) is 0 Å². The van der Waals surface area contributed by atoms with Crippen molar-refractivity contribution in [1.29, 1.82) is 0 Å². The fourth-order valence-electron chi connectivity index (χ4n) is 1.69. The molecule has 0 radical (unpaired) electrons. The van der Waals surface area contributed by atoms with Crippen LogP contribution in [0.2, 0.25) is 0 Å². The lowest BCUT2D eigenvalue weighted by atomic mass is 10.1. The van der Waals surface area contributed by atoms with Crippen LogP contribution in [0.1, 0.15) is 12.8 Å². The minimum absolute atomic E-state index is 0.0120. The number of nitrogens with zero attached hydrogens (tertiary/aromatic N) is 1. The summed E-state index contributed by atoms with van der Waals surface area (Å²) in [6.45, 7) is -0.164. The summed E-state index contributed by atoms with van der Waals surface area (Å²) in [7, 11) is -3.71. The van der Waals surface area contributed by atoms with Crippen LogP contribution in [0.5, 0.6) is 0 Å². The van der Waals surface area contributed by atoms with Crippen molar-refractivity contribution in [2.75, 3.05) is 19.3 Å². The summed E-state index contributed by atoms with van der Waals surface area (Å²) < 4.78 is 51.0. The normalized spacial score (nSPS) is 25.4. The first-order valence-corrected chi connectivity index (χ1v) is 6.90. The summed E-state index contributed by atoms with van der Waals surface area (Å²) in [4.78, 5) is 12.0. The average molecular weight is 271 g/mol. The number of carbonyl (C=O) groups is 1. The lowest BCUT2D eigenvalue weighted by molar-refractivity contribution is -0.0338. The van der Waals surface area contributed by atoms with E-state index in [4.69, 9.17) is 5.73 Å². The fraction of sp³-hybridized carbons (Fsp3) is 0.875. The number of likely N-dealkylation sites (tertiary alicyclic amines) is 1. The number of sulfonamides is 1. The molecule has 1 aliphatic rings. The van der Waals surface area contributed by atoms with E-state index in [9.17, 15) is 22.0 Å². The van der Waals surface area contributed by atoms with Crippen LogP contribution in [-0.2, 0) is 10.0 Å². The van der Waals surface area contributed by atoms with Gasteiger partial charge < -0.3 is 10.6 Å². The Hall–Kier alpha value is -0.960. The smallest absolute Gasteiger partial charge is 0.314 e. The van der Waals surface area contributed by atoms with Gasteiger partial charge in [0.1, 0.15) is 0 Å². The summed E-state index contributed by atoms with van der Waals surface area (Å²) in [6.07, 6.45) is 0.0476. The Morgan fingerprint density at radius 2 is 2.06 bits per heavy atom. The predicted octanol–water partition coefficient (Wildman–Crippen LogP) is -0.286. The number of hydrogen-bond donors (Lipinski definition) is 2. The molecule has 0 aromatic heterocycles. The maximum atomic E-state index is 13.6. The zero-order chi connectivity index (χ0) is 13.3. The van der Waals surface area contributed by atoms with Crippen molar-refractivity contribution in [3.63, 3.8) is 0 Å². The number of nitrogens with one attached hydrogen (secondary N) is 1. The molecule has 1 saturated heterocycles. The van der Waals surface area contributed by atoms with Gasteiger partial charge in [-0.1, -0.05) is 0 Å². The SMILES string of the molecule is CS(=O)(=O)NC1CCN(C(N)=O)CCC1(F)F. The van der Waals surface area contributed by atoms with Gasteiger partial charge in [-0.3, -0.25) is 0 Å². The van der Waals surface area contributed by atoms with E-state index in [0.29, 0.717) is 0 Å². The molecule has 9 heteroatoms. The molecule has 1 aliphatic heterocycles. The first-order chi connectivity index (χ1) is 7.62. The summed E-state index contributed by atoms with van der Waals surface area (Å²) in [5.41, 5.74) is 5.00.